The Labute approximate surface area is 184 Å². The molecule has 0 atom stereocenters. The molecule has 0 rings (SSSR count). The normalized spacial score (nSPS) is 11.8. The number of rotatable bonds is 20. The lowest BCUT2D eigenvalue weighted by Gasteiger charge is -2.23. The lowest BCUT2D eigenvalue weighted by molar-refractivity contribution is -0.131. The Kier molecular flexibility index (Phi) is 19.1. The molecular weight excluding hydrogens is 354 g/mol. The van der Waals surface area contributed by atoms with Crippen LogP contribution < -0.4 is 0 Å². The van der Waals surface area contributed by atoms with Gasteiger partial charge in [0.15, 0.2) is 0 Å². The Balaban J connectivity index is 4.12. The average Bonchev–Trinajstić information content (AvgIpc) is 2.64. The van der Waals surface area contributed by atoms with Gasteiger partial charge in [0.05, 0.1) is 0 Å². The van der Waals surface area contributed by atoms with Crippen LogP contribution in [0.15, 0.2) is 0 Å². The van der Waals surface area contributed by atoms with Crippen molar-refractivity contribution in [2.75, 3.05) is 13.1 Å². The minimum atomic E-state index is 0.416. The van der Waals surface area contributed by atoms with Gasteiger partial charge in [-0.15, -0.1) is 0 Å². The van der Waals surface area contributed by atoms with Gasteiger partial charge in [0.25, 0.3) is 0 Å². The summed E-state index contributed by atoms with van der Waals surface area (Å²) in [5, 5.41) is 0. The summed E-state index contributed by atoms with van der Waals surface area (Å²) in [5.41, 5.74) is 0. The van der Waals surface area contributed by atoms with Crippen molar-refractivity contribution in [2.24, 2.45) is 17.8 Å². The van der Waals surface area contributed by atoms with Gasteiger partial charge in [0.2, 0.25) is 5.91 Å². The van der Waals surface area contributed by atoms with E-state index in [2.05, 4.69) is 46.4 Å². The average molecular weight is 410 g/mol. The quantitative estimate of drug-likeness (QED) is 0.184. The molecule has 174 valence electrons. The second-order valence-corrected chi connectivity index (χ2v) is 10.6. The molecule has 0 spiro atoms. The number of amides is 1. The van der Waals surface area contributed by atoms with Crippen molar-refractivity contribution in [1.82, 2.24) is 4.90 Å². The van der Waals surface area contributed by atoms with E-state index in [0.29, 0.717) is 5.91 Å². The van der Waals surface area contributed by atoms with Gasteiger partial charge in [0.1, 0.15) is 0 Å². The first-order valence-electron chi connectivity index (χ1n) is 13.1. The molecule has 0 aliphatic heterocycles. The van der Waals surface area contributed by atoms with Gasteiger partial charge >= 0.3 is 0 Å². The molecule has 0 aromatic heterocycles. The summed E-state index contributed by atoms with van der Waals surface area (Å²) in [4.78, 5) is 15.0. The van der Waals surface area contributed by atoms with E-state index < -0.39 is 0 Å². The van der Waals surface area contributed by atoms with Crippen LogP contribution in [0.2, 0.25) is 0 Å². The van der Waals surface area contributed by atoms with E-state index in [9.17, 15) is 4.79 Å². The maximum Gasteiger partial charge on any atom is 0.222 e. The van der Waals surface area contributed by atoms with E-state index in [0.717, 1.165) is 43.7 Å². The lowest BCUT2D eigenvalue weighted by Crippen LogP contribution is -2.32. The third kappa shape index (κ3) is 20.5. The van der Waals surface area contributed by atoms with Crippen LogP contribution in [0.25, 0.3) is 0 Å². The number of hydrogen-bond donors (Lipinski definition) is 0. The van der Waals surface area contributed by atoms with Gasteiger partial charge in [-0.25, -0.2) is 0 Å². The maximum atomic E-state index is 12.8. The topological polar surface area (TPSA) is 20.3 Å². The Bertz CT molecular complexity index is 342. The molecule has 0 unspecified atom stereocenters. The van der Waals surface area contributed by atoms with E-state index in [1.807, 2.05) is 0 Å². The highest BCUT2D eigenvalue weighted by Gasteiger charge is 2.12. The molecule has 0 saturated heterocycles. The van der Waals surface area contributed by atoms with E-state index in [-0.39, 0.29) is 0 Å². The van der Waals surface area contributed by atoms with Gasteiger partial charge in [-0.05, 0) is 37.0 Å². The SMILES string of the molecule is CC(C)CCCCCCN(CCCCCCC(C)C)C(=O)CCCCCC(C)C. The number of carbonyl (C=O) groups is 1. The third-order valence-electron chi connectivity index (χ3n) is 5.94. The summed E-state index contributed by atoms with van der Waals surface area (Å²) >= 11 is 0. The van der Waals surface area contributed by atoms with E-state index >= 15 is 0 Å². The van der Waals surface area contributed by atoms with Gasteiger partial charge in [-0.3, -0.25) is 4.79 Å². The first-order valence-corrected chi connectivity index (χ1v) is 13.1. The molecular formula is C27H55NO. The molecule has 0 bridgehead atoms. The summed E-state index contributed by atoms with van der Waals surface area (Å²) in [6.07, 6.45) is 18.6. The smallest absolute Gasteiger partial charge is 0.222 e. The van der Waals surface area contributed by atoms with Crippen LogP contribution in [0.3, 0.4) is 0 Å². The highest BCUT2D eigenvalue weighted by Crippen LogP contribution is 2.14. The van der Waals surface area contributed by atoms with Crippen LogP contribution >= 0.6 is 0 Å². The Morgan fingerprint density at radius 1 is 0.517 bits per heavy atom. The molecule has 0 heterocycles. The van der Waals surface area contributed by atoms with Gasteiger partial charge in [0, 0.05) is 19.5 Å². The Morgan fingerprint density at radius 2 is 0.862 bits per heavy atom. The monoisotopic (exact) mass is 409 g/mol. The number of unbranched alkanes of at least 4 members (excludes halogenated alkanes) is 8. The summed E-state index contributed by atoms with van der Waals surface area (Å²) in [5.74, 6) is 2.84. The van der Waals surface area contributed by atoms with Crippen LogP contribution in [0, 0.1) is 17.8 Å². The van der Waals surface area contributed by atoms with Crippen LogP contribution in [-0.4, -0.2) is 23.9 Å². The second kappa shape index (κ2) is 19.4. The summed E-state index contributed by atoms with van der Waals surface area (Å²) in [6, 6.07) is 0. The summed E-state index contributed by atoms with van der Waals surface area (Å²) in [7, 11) is 0. The van der Waals surface area contributed by atoms with Gasteiger partial charge < -0.3 is 4.90 Å². The molecule has 0 radical (unpaired) electrons. The molecule has 0 saturated carbocycles. The maximum absolute atomic E-state index is 12.8. The van der Waals surface area contributed by atoms with Crippen molar-refractivity contribution in [3.63, 3.8) is 0 Å². The molecule has 0 fully saturated rings. The predicted molar refractivity (Wildman–Crippen MR) is 130 cm³/mol. The third-order valence-corrected chi connectivity index (χ3v) is 5.94. The summed E-state index contributed by atoms with van der Waals surface area (Å²) < 4.78 is 0. The second-order valence-electron chi connectivity index (χ2n) is 10.6. The van der Waals surface area contributed by atoms with Crippen LogP contribution in [-0.2, 0) is 4.79 Å². The molecule has 0 aliphatic rings. The Morgan fingerprint density at radius 3 is 1.24 bits per heavy atom. The fourth-order valence-electron chi connectivity index (χ4n) is 3.94. The minimum absolute atomic E-state index is 0.416. The van der Waals surface area contributed by atoms with Crippen LogP contribution in [0.5, 0.6) is 0 Å². The number of hydrogen-bond acceptors (Lipinski definition) is 1. The Hall–Kier alpha value is -0.530. The molecule has 0 aromatic carbocycles. The molecule has 2 nitrogen and oxygen atoms in total. The fraction of sp³-hybridized carbons (Fsp3) is 0.963. The highest BCUT2D eigenvalue weighted by molar-refractivity contribution is 5.76. The summed E-state index contributed by atoms with van der Waals surface area (Å²) in [6.45, 7) is 15.8. The van der Waals surface area contributed by atoms with Crippen molar-refractivity contribution in [1.29, 1.82) is 0 Å². The molecule has 1 amide bonds. The molecule has 0 aliphatic carbocycles. The zero-order chi connectivity index (χ0) is 21.9. The van der Waals surface area contributed by atoms with Crippen LogP contribution in [0.4, 0.5) is 0 Å². The molecule has 29 heavy (non-hydrogen) atoms. The predicted octanol–water partition coefficient (Wildman–Crippen LogP) is 8.63. The lowest BCUT2D eigenvalue weighted by atomic mass is 10.0. The number of carbonyl (C=O) groups excluding carboxylic acids is 1. The van der Waals surface area contributed by atoms with Crippen molar-refractivity contribution in [3.8, 4) is 0 Å². The number of nitrogens with zero attached hydrogens (tertiary/aromatic N) is 1. The van der Waals surface area contributed by atoms with Crippen molar-refractivity contribution < 1.29 is 4.79 Å². The van der Waals surface area contributed by atoms with Crippen molar-refractivity contribution in [2.45, 2.75) is 138 Å². The van der Waals surface area contributed by atoms with Crippen LogP contribution in [0.1, 0.15) is 138 Å². The zero-order valence-corrected chi connectivity index (χ0v) is 21.1. The minimum Gasteiger partial charge on any atom is -0.343 e. The molecule has 0 aromatic rings. The first kappa shape index (κ1) is 28.5. The van der Waals surface area contributed by atoms with E-state index in [4.69, 9.17) is 0 Å². The standard InChI is InChI=1S/C27H55NO/c1-24(2)18-12-7-9-16-22-28(23-17-10-8-13-19-25(3)4)27(29)21-15-11-14-20-26(5)6/h24-26H,7-23H2,1-6H3. The highest BCUT2D eigenvalue weighted by atomic mass is 16.2. The van der Waals surface area contributed by atoms with Crippen molar-refractivity contribution in [3.05, 3.63) is 0 Å². The largest absolute Gasteiger partial charge is 0.343 e. The van der Waals surface area contributed by atoms with Crippen molar-refractivity contribution >= 4 is 5.91 Å². The molecule has 0 N–H and O–H groups in total. The van der Waals surface area contributed by atoms with E-state index in [1.54, 1.807) is 0 Å². The van der Waals surface area contributed by atoms with E-state index in [1.165, 1.54) is 83.5 Å². The fourth-order valence-corrected chi connectivity index (χ4v) is 3.94. The molecule has 2 heteroatoms. The zero-order valence-electron chi connectivity index (χ0n) is 21.1. The van der Waals surface area contributed by atoms with Gasteiger partial charge in [-0.1, -0.05) is 112 Å². The van der Waals surface area contributed by atoms with Gasteiger partial charge in [-0.2, -0.15) is 0 Å². The first-order chi connectivity index (χ1) is 13.8.